The molecule has 0 spiro atoms. The zero-order chi connectivity index (χ0) is 15.9. The molecule has 0 atom stereocenters. The smallest absolute Gasteiger partial charge is 0.251 e. The topological polar surface area (TPSA) is 68.9 Å². The third-order valence-electron chi connectivity index (χ3n) is 3.09. The summed E-state index contributed by atoms with van der Waals surface area (Å²) in [7, 11) is 0. The van der Waals surface area contributed by atoms with Crippen LogP contribution in [-0.2, 0) is 0 Å². The van der Waals surface area contributed by atoms with E-state index in [-0.39, 0.29) is 0 Å². The molecule has 1 amide bonds. The summed E-state index contributed by atoms with van der Waals surface area (Å²) in [5.41, 5.74) is 8.38. The monoisotopic (exact) mass is 291 g/mol. The largest absolute Gasteiger partial charge is 0.366 e. The van der Waals surface area contributed by atoms with E-state index in [0.717, 1.165) is 5.56 Å². The van der Waals surface area contributed by atoms with Crippen molar-refractivity contribution in [3.05, 3.63) is 78.7 Å². The van der Waals surface area contributed by atoms with Crippen LogP contribution in [0.25, 0.3) is 16.7 Å². The van der Waals surface area contributed by atoms with Gasteiger partial charge in [0.15, 0.2) is 0 Å². The maximum Gasteiger partial charge on any atom is 0.251 e. The van der Waals surface area contributed by atoms with E-state index in [1.54, 1.807) is 12.3 Å². The second-order valence-corrected chi connectivity index (χ2v) is 4.62. The van der Waals surface area contributed by atoms with Gasteiger partial charge in [-0.15, -0.1) is 5.10 Å². The molecule has 1 aromatic carbocycles. The van der Waals surface area contributed by atoms with Crippen LogP contribution >= 0.6 is 0 Å². The standard InChI is InChI=1S/C18H17N3O/c1-3-4-6-9-13(2)17-16(18(19)22)15(12-20-21-17)14-10-7-5-8-11-14/h3-12H,2H2,1H3,(H2,19,22)/b4-3-,9-6-. The average Bonchev–Trinajstić information content (AvgIpc) is 2.55. The number of aromatic nitrogens is 2. The third kappa shape index (κ3) is 3.35. The van der Waals surface area contributed by atoms with Crippen molar-refractivity contribution < 1.29 is 4.79 Å². The Hall–Kier alpha value is -3.01. The third-order valence-corrected chi connectivity index (χ3v) is 3.09. The fraction of sp³-hybridized carbons (Fsp3) is 0.0556. The summed E-state index contributed by atoms with van der Waals surface area (Å²) < 4.78 is 0. The number of carbonyl (C=O) groups is 1. The zero-order valence-corrected chi connectivity index (χ0v) is 12.4. The molecule has 0 radical (unpaired) electrons. The van der Waals surface area contributed by atoms with Crippen LogP contribution in [0.5, 0.6) is 0 Å². The van der Waals surface area contributed by atoms with Crippen LogP contribution in [0.2, 0.25) is 0 Å². The van der Waals surface area contributed by atoms with Gasteiger partial charge in [-0.25, -0.2) is 0 Å². The Kier molecular flexibility index (Phi) is 4.98. The van der Waals surface area contributed by atoms with Crippen LogP contribution in [0.15, 0.2) is 67.4 Å². The molecule has 0 unspecified atom stereocenters. The second-order valence-electron chi connectivity index (χ2n) is 4.62. The molecule has 0 aliphatic rings. The van der Waals surface area contributed by atoms with Crippen molar-refractivity contribution in [2.24, 2.45) is 5.73 Å². The van der Waals surface area contributed by atoms with Gasteiger partial charge in [-0.2, -0.15) is 5.10 Å². The van der Waals surface area contributed by atoms with Gasteiger partial charge in [0.1, 0.15) is 5.69 Å². The van der Waals surface area contributed by atoms with E-state index in [9.17, 15) is 4.79 Å². The van der Waals surface area contributed by atoms with Crippen molar-refractivity contribution >= 4 is 11.5 Å². The summed E-state index contributed by atoms with van der Waals surface area (Å²) in [5, 5.41) is 8.02. The SMILES string of the molecule is C=C(/C=C\C=C/C)c1nncc(-c2ccccc2)c1C(N)=O. The van der Waals surface area contributed by atoms with Gasteiger partial charge < -0.3 is 5.73 Å². The molecule has 2 N–H and O–H groups in total. The Labute approximate surface area is 129 Å². The van der Waals surface area contributed by atoms with Gasteiger partial charge in [-0.05, 0) is 18.1 Å². The highest BCUT2D eigenvalue weighted by molar-refractivity contribution is 6.04. The fourth-order valence-corrected chi connectivity index (χ4v) is 2.06. The molecule has 110 valence electrons. The van der Waals surface area contributed by atoms with E-state index in [4.69, 9.17) is 5.73 Å². The Morgan fingerprint density at radius 2 is 1.95 bits per heavy atom. The van der Waals surface area contributed by atoms with Gasteiger partial charge >= 0.3 is 0 Å². The van der Waals surface area contributed by atoms with Gasteiger partial charge in [0.05, 0.1) is 11.8 Å². The molecule has 0 bridgehead atoms. The lowest BCUT2D eigenvalue weighted by Crippen LogP contribution is -2.16. The quantitative estimate of drug-likeness (QED) is 0.858. The van der Waals surface area contributed by atoms with E-state index in [0.29, 0.717) is 22.4 Å². The van der Waals surface area contributed by atoms with Crippen LogP contribution in [-0.4, -0.2) is 16.1 Å². The second kappa shape index (κ2) is 7.13. The molecular weight excluding hydrogens is 274 g/mol. The molecule has 0 saturated carbocycles. The van der Waals surface area contributed by atoms with Crippen LogP contribution in [0.4, 0.5) is 0 Å². The minimum atomic E-state index is -0.552. The number of amides is 1. The highest BCUT2D eigenvalue weighted by Gasteiger charge is 2.18. The van der Waals surface area contributed by atoms with Crippen molar-refractivity contribution in [1.82, 2.24) is 10.2 Å². The number of nitrogens with two attached hydrogens (primary N) is 1. The molecule has 1 heterocycles. The van der Waals surface area contributed by atoms with E-state index in [1.807, 2.05) is 55.5 Å². The van der Waals surface area contributed by atoms with Crippen LogP contribution in [0, 0.1) is 0 Å². The predicted octanol–water partition coefficient (Wildman–Crippen LogP) is 3.39. The van der Waals surface area contributed by atoms with Gasteiger partial charge in [0.25, 0.3) is 5.91 Å². The predicted molar refractivity (Wildman–Crippen MR) is 89.0 cm³/mol. The fourth-order valence-electron chi connectivity index (χ4n) is 2.06. The molecule has 22 heavy (non-hydrogen) atoms. The molecule has 0 fully saturated rings. The maximum absolute atomic E-state index is 11.9. The van der Waals surface area contributed by atoms with E-state index < -0.39 is 5.91 Å². The number of carbonyl (C=O) groups excluding carboxylic acids is 1. The summed E-state index contributed by atoms with van der Waals surface area (Å²) in [6.45, 7) is 5.86. The number of nitrogens with zero attached hydrogens (tertiary/aromatic N) is 2. The summed E-state index contributed by atoms with van der Waals surface area (Å²) >= 11 is 0. The van der Waals surface area contributed by atoms with Crippen molar-refractivity contribution in [2.45, 2.75) is 6.92 Å². The highest BCUT2D eigenvalue weighted by Crippen LogP contribution is 2.27. The summed E-state index contributed by atoms with van der Waals surface area (Å²) in [4.78, 5) is 11.9. The number of hydrogen-bond donors (Lipinski definition) is 1. The number of rotatable bonds is 5. The number of benzene rings is 1. The minimum Gasteiger partial charge on any atom is -0.366 e. The molecule has 4 nitrogen and oxygen atoms in total. The highest BCUT2D eigenvalue weighted by atomic mass is 16.1. The first-order valence-corrected chi connectivity index (χ1v) is 6.84. The number of allylic oxidation sites excluding steroid dienone is 5. The van der Waals surface area contributed by atoms with Crippen molar-refractivity contribution in [3.8, 4) is 11.1 Å². The van der Waals surface area contributed by atoms with E-state index in [2.05, 4.69) is 16.8 Å². The normalized spacial score (nSPS) is 11.1. The molecule has 4 heteroatoms. The average molecular weight is 291 g/mol. The molecule has 2 rings (SSSR count). The summed E-state index contributed by atoms with van der Waals surface area (Å²) in [6, 6.07) is 9.47. The van der Waals surface area contributed by atoms with E-state index >= 15 is 0 Å². The molecule has 1 aromatic heterocycles. The lowest BCUT2D eigenvalue weighted by Gasteiger charge is -2.10. The Morgan fingerprint density at radius 1 is 1.23 bits per heavy atom. The molecule has 0 saturated heterocycles. The van der Waals surface area contributed by atoms with Crippen molar-refractivity contribution in [1.29, 1.82) is 0 Å². The molecule has 2 aromatic rings. The Bertz CT molecular complexity index is 746. The van der Waals surface area contributed by atoms with Gasteiger partial charge in [-0.1, -0.05) is 61.2 Å². The zero-order valence-electron chi connectivity index (χ0n) is 12.4. The lowest BCUT2D eigenvalue weighted by molar-refractivity contribution is 0.1000. The summed E-state index contributed by atoms with van der Waals surface area (Å²) in [5.74, 6) is -0.552. The first-order valence-electron chi connectivity index (χ1n) is 6.84. The van der Waals surface area contributed by atoms with Gasteiger partial charge in [0, 0.05) is 5.56 Å². The first-order chi connectivity index (χ1) is 10.6. The Morgan fingerprint density at radius 3 is 2.59 bits per heavy atom. The van der Waals surface area contributed by atoms with Gasteiger partial charge in [-0.3, -0.25) is 4.79 Å². The minimum absolute atomic E-state index is 0.330. The van der Waals surface area contributed by atoms with Crippen molar-refractivity contribution in [2.75, 3.05) is 0 Å². The molecule has 0 aliphatic heterocycles. The Balaban J connectivity index is 2.57. The number of primary amides is 1. The summed E-state index contributed by atoms with van der Waals surface area (Å²) in [6.07, 6.45) is 8.89. The first kappa shape index (κ1) is 15.4. The van der Waals surface area contributed by atoms with Gasteiger partial charge in [0.2, 0.25) is 0 Å². The van der Waals surface area contributed by atoms with E-state index in [1.165, 1.54) is 0 Å². The van der Waals surface area contributed by atoms with Crippen molar-refractivity contribution in [3.63, 3.8) is 0 Å². The van der Waals surface area contributed by atoms with Crippen LogP contribution < -0.4 is 5.73 Å². The molecular formula is C18H17N3O. The van der Waals surface area contributed by atoms with Crippen LogP contribution in [0.1, 0.15) is 23.0 Å². The number of hydrogen-bond acceptors (Lipinski definition) is 3. The maximum atomic E-state index is 11.9. The van der Waals surface area contributed by atoms with Crippen LogP contribution in [0.3, 0.4) is 0 Å². The lowest BCUT2D eigenvalue weighted by atomic mass is 9.97. The molecule has 0 aliphatic carbocycles.